The molecule has 0 atom stereocenters. The van der Waals surface area contributed by atoms with E-state index in [1.165, 1.54) is 0 Å². The molecular formula is C14H10BrN5S. The fraction of sp³-hybridized carbons (Fsp3) is 0. The van der Waals surface area contributed by atoms with Crippen LogP contribution in [-0.4, -0.2) is 26.1 Å². The summed E-state index contributed by atoms with van der Waals surface area (Å²) in [6, 6.07) is 11.6. The Bertz CT molecular complexity index is 821. The van der Waals surface area contributed by atoms with E-state index in [9.17, 15) is 0 Å². The molecule has 0 aliphatic heterocycles. The highest BCUT2D eigenvalue weighted by atomic mass is 79.9. The van der Waals surface area contributed by atoms with Crippen molar-refractivity contribution in [1.82, 2.24) is 19.9 Å². The fourth-order valence-corrected chi connectivity index (χ4v) is 2.20. The summed E-state index contributed by atoms with van der Waals surface area (Å²) in [5.74, 6) is 0.649. The fourth-order valence-electron chi connectivity index (χ4n) is 1.76. The van der Waals surface area contributed by atoms with Gasteiger partial charge in [0.2, 0.25) is 4.77 Å². The number of hydrogen-bond acceptors (Lipinski definition) is 4. The van der Waals surface area contributed by atoms with Crippen molar-refractivity contribution in [2.75, 3.05) is 0 Å². The van der Waals surface area contributed by atoms with Gasteiger partial charge >= 0.3 is 0 Å². The van der Waals surface area contributed by atoms with E-state index in [1.807, 2.05) is 36.4 Å². The lowest BCUT2D eigenvalue weighted by Gasteiger charge is -2.00. The number of hydrogen-bond donors (Lipinski definition) is 1. The largest absolute Gasteiger partial charge is 0.265 e. The highest BCUT2D eigenvalue weighted by molar-refractivity contribution is 9.10. The van der Waals surface area contributed by atoms with E-state index in [1.54, 1.807) is 23.3 Å². The summed E-state index contributed by atoms with van der Waals surface area (Å²) in [6.45, 7) is 0. The van der Waals surface area contributed by atoms with Crippen molar-refractivity contribution in [3.63, 3.8) is 0 Å². The van der Waals surface area contributed by atoms with Gasteiger partial charge in [0.1, 0.15) is 0 Å². The number of H-pyrrole nitrogens is 1. The SMILES string of the molecule is S=c1[nH]nc(-c2ccncc2)n1N=Cc1ccc(Br)cc1. The number of rotatable bonds is 3. The van der Waals surface area contributed by atoms with Crippen LogP contribution in [0, 0.1) is 4.77 Å². The Hall–Kier alpha value is -2.12. The normalized spacial score (nSPS) is 11.1. The molecule has 0 spiro atoms. The molecule has 7 heteroatoms. The molecule has 0 saturated carbocycles. The summed E-state index contributed by atoms with van der Waals surface area (Å²) in [7, 11) is 0. The highest BCUT2D eigenvalue weighted by Gasteiger charge is 2.07. The lowest BCUT2D eigenvalue weighted by atomic mass is 10.2. The molecular weight excluding hydrogens is 350 g/mol. The van der Waals surface area contributed by atoms with Crippen molar-refractivity contribution in [2.45, 2.75) is 0 Å². The molecule has 3 aromatic rings. The maximum absolute atomic E-state index is 5.22. The second-order valence-corrected chi connectivity index (χ2v) is 5.50. The number of pyridine rings is 1. The molecule has 104 valence electrons. The maximum Gasteiger partial charge on any atom is 0.216 e. The van der Waals surface area contributed by atoms with Crippen LogP contribution in [0.2, 0.25) is 0 Å². The van der Waals surface area contributed by atoms with E-state index in [0.717, 1.165) is 15.6 Å². The van der Waals surface area contributed by atoms with E-state index >= 15 is 0 Å². The van der Waals surface area contributed by atoms with Crippen LogP contribution in [0.5, 0.6) is 0 Å². The number of aromatic nitrogens is 4. The number of nitrogens with one attached hydrogen (secondary N) is 1. The lowest BCUT2D eigenvalue weighted by Crippen LogP contribution is -1.95. The molecule has 0 fully saturated rings. The summed E-state index contributed by atoms with van der Waals surface area (Å²) in [4.78, 5) is 3.99. The molecule has 0 bridgehead atoms. The van der Waals surface area contributed by atoms with Crippen LogP contribution < -0.4 is 0 Å². The lowest BCUT2D eigenvalue weighted by molar-refractivity contribution is 0.871. The Balaban J connectivity index is 1.98. The summed E-state index contributed by atoms with van der Waals surface area (Å²) >= 11 is 8.62. The van der Waals surface area contributed by atoms with Gasteiger partial charge in [-0.1, -0.05) is 28.1 Å². The number of halogens is 1. The van der Waals surface area contributed by atoms with E-state index in [2.05, 4.69) is 36.2 Å². The quantitative estimate of drug-likeness (QED) is 0.573. The molecule has 1 N–H and O–H groups in total. The monoisotopic (exact) mass is 359 g/mol. The van der Waals surface area contributed by atoms with Crippen LogP contribution in [0.3, 0.4) is 0 Å². The van der Waals surface area contributed by atoms with Crippen LogP contribution in [0.25, 0.3) is 11.4 Å². The average Bonchev–Trinajstić information content (AvgIpc) is 2.89. The third-order valence-corrected chi connectivity index (χ3v) is 3.57. The van der Waals surface area contributed by atoms with Crippen LogP contribution in [-0.2, 0) is 0 Å². The van der Waals surface area contributed by atoms with Gasteiger partial charge in [0.25, 0.3) is 0 Å². The minimum atomic E-state index is 0.440. The number of aromatic amines is 1. The van der Waals surface area contributed by atoms with Crippen LogP contribution in [0.1, 0.15) is 5.56 Å². The van der Waals surface area contributed by atoms with E-state index in [-0.39, 0.29) is 0 Å². The Morgan fingerprint density at radius 1 is 1.14 bits per heavy atom. The molecule has 2 heterocycles. The van der Waals surface area contributed by atoms with Crippen molar-refractivity contribution in [3.05, 3.63) is 63.6 Å². The molecule has 0 aliphatic carbocycles. The second-order valence-electron chi connectivity index (χ2n) is 4.20. The predicted molar refractivity (Wildman–Crippen MR) is 87.8 cm³/mol. The van der Waals surface area contributed by atoms with Crippen molar-refractivity contribution < 1.29 is 0 Å². The first-order valence-corrected chi connectivity index (χ1v) is 7.32. The first kappa shape index (κ1) is 13.8. The Labute approximate surface area is 134 Å². The van der Waals surface area contributed by atoms with Crippen molar-refractivity contribution in [2.24, 2.45) is 5.10 Å². The van der Waals surface area contributed by atoms with Gasteiger partial charge in [-0.15, -0.1) is 0 Å². The highest BCUT2D eigenvalue weighted by Crippen LogP contribution is 2.16. The van der Waals surface area contributed by atoms with Gasteiger partial charge in [0.15, 0.2) is 5.82 Å². The molecule has 0 unspecified atom stereocenters. The zero-order valence-corrected chi connectivity index (χ0v) is 13.2. The van der Waals surface area contributed by atoms with Gasteiger partial charge in [0, 0.05) is 22.4 Å². The first-order chi connectivity index (χ1) is 10.2. The Morgan fingerprint density at radius 3 is 2.57 bits per heavy atom. The summed E-state index contributed by atoms with van der Waals surface area (Å²) < 4.78 is 3.06. The molecule has 0 aliphatic rings. The van der Waals surface area contributed by atoms with Gasteiger partial charge in [-0.2, -0.15) is 14.9 Å². The van der Waals surface area contributed by atoms with Crippen molar-refractivity contribution >= 4 is 34.4 Å². The second kappa shape index (κ2) is 6.11. The summed E-state index contributed by atoms with van der Waals surface area (Å²) in [6.07, 6.45) is 5.15. The topological polar surface area (TPSA) is 58.9 Å². The van der Waals surface area contributed by atoms with E-state index in [0.29, 0.717) is 10.6 Å². The third kappa shape index (κ3) is 3.14. The summed E-state index contributed by atoms with van der Waals surface area (Å²) in [5.41, 5.74) is 1.87. The van der Waals surface area contributed by atoms with Gasteiger partial charge in [0.05, 0.1) is 6.21 Å². The van der Waals surface area contributed by atoms with Gasteiger partial charge in [-0.3, -0.25) is 4.98 Å². The molecule has 0 radical (unpaired) electrons. The first-order valence-electron chi connectivity index (χ1n) is 6.12. The maximum atomic E-state index is 5.22. The van der Waals surface area contributed by atoms with Gasteiger partial charge < -0.3 is 0 Å². The Morgan fingerprint density at radius 2 is 1.86 bits per heavy atom. The molecule has 1 aromatic carbocycles. The van der Waals surface area contributed by atoms with Crippen molar-refractivity contribution in [3.8, 4) is 11.4 Å². The zero-order valence-electron chi connectivity index (χ0n) is 10.8. The molecule has 0 saturated heterocycles. The van der Waals surface area contributed by atoms with Crippen molar-refractivity contribution in [1.29, 1.82) is 0 Å². The zero-order chi connectivity index (χ0) is 14.7. The standard InChI is InChI=1S/C14H10BrN5S/c15-12-3-1-10(2-4-12)9-17-20-13(18-19-14(20)21)11-5-7-16-8-6-11/h1-9H,(H,19,21). The van der Waals surface area contributed by atoms with Crippen LogP contribution >= 0.6 is 28.1 Å². The average molecular weight is 360 g/mol. The molecule has 2 aromatic heterocycles. The summed E-state index contributed by atoms with van der Waals surface area (Å²) in [5, 5.41) is 11.4. The smallest absolute Gasteiger partial charge is 0.216 e. The van der Waals surface area contributed by atoms with Crippen LogP contribution in [0.4, 0.5) is 0 Å². The predicted octanol–water partition coefficient (Wildman–Crippen LogP) is 3.65. The minimum Gasteiger partial charge on any atom is -0.265 e. The van der Waals surface area contributed by atoms with Crippen LogP contribution in [0.15, 0.2) is 58.4 Å². The van der Waals surface area contributed by atoms with E-state index < -0.39 is 0 Å². The molecule has 3 rings (SSSR count). The third-order valence-electron chi connectivity index (χ3n) is 2.78. The molecule has 5 nitrogen and oxygen atoms in total. The number of benzene rings is 1. The van der Waals surface area contributed by atoms with Gasteiger partial charge in [-0.05, 0) is 42.0 Å². The minimum absolute atomic E-state index is 0.440. The van der Waals surface area contributed by atoms with E-state index in [4.69, 9.17) is 12.2 Å². The molecule has 21 heavy (non-hydrogen) atoms. The number of nitrogens with zero attached hydrogens (tertiary/aromatic N) is 4. The molecule has 0 amide bonds. The Kier molecular flexibility index (Phi) is 4.03. The van der Waals surface area contributed by atoms with Gasteiger partial charge in [-0.25, -0.2) is 5.10 Å².